The van der Waals surface area contributed by atoms with Crippen LogP contribution in [0.1, 0.15) is 55.7 Å². The van der Waals surface area contributed by atoms with E-state index in [1.165, 1.54) is 37.0 Å². The maximum Gasteiger partial charge on any atom is 0.121 e. The van der Waals surface area contributed by atoms with Crippen molar-refractivity contribution < 1.29 is 4.42 Å². The molecule has 2 saturated carbocycles. The SMILES string of the molecule is CCNC(c1cc(C)c(C)o1)C1C2CCCCC21. The van der Waals surface area contributed by atoms with Gasteiger partial charge in [-0.3, -0.25) is 0 Å². The summed E-state index contributed by atoms with van der Waals surface area (Å²) in [6.45, 7) is 7.44. The van der Waals surface area contributed by atoms with Crippen molar-refractivity contribution in [3.05, 3.63) is 23.2 Å². The molecule has 18 heavy (non-hydrogen) atoms. The van der Waals surface area contributed by atoms with Crippen molar-refractivity contribution in [2.75, 3.05) is 6.54 Å². The minimum Gasteiger partial charge on any atom is -0.464 e. The van der Waals surface area contributed by atoms with Crippen LogP contribution in [0.2, 0.25) is 0 Å². The summed E-state index contributed by atoms with van der Waals surface area (Å²) in [5.41, 5.74) is 1.29. The molecule has 2 aliphatic rings. The third kappa shape index (κ3) is 2.01. The van der Waals surface area contributed by atoms with E-state index in [1.54, 1.807) is 0 Å². The van der Waals surface area contributed by atoms with Crippen molar-refractivity contribution in [1.82, 2.24) is 5.32 Å². The first-order valence-corrected chi connectivity index (χ1v) is 7.52. The van der Waals surface area contributed by atoms with Gasteiger partial charge in [-0.15, -0.1) is 0 Å². The molecule has 1 heterocycles. The molecule has 100 valence electrons. The molecule has 1 aromatic rings. The maximum atomic E-state index is 5.97. The predicted molar refractivity (Wildman–Crippen MR) is 73.5 cm³/mol. The minimum absolute atomic E-state index is 0.454. The monoisotopic (exact) mass is 247 g/mol. The number of hydrogen-bond donors (Lipinski definition) is 1. The second-order valence-electron chi connectivity index (χ2n) is 6.11. The van der Waals surface area contributed by atoms with Gasteiger partial charge in [0, 0.05) is 0 Å². The molecular weight excluding hydrogens is 222 g/mol. The van der Waals surface area contributed by atoms with E-state index in [2.05, 4.69) is 32.2 Å². The summed E-state index contributed by atoms with van der Waals surface area (Å²) < 4.78 is 5.97. The molecule has 3 unspecified atom stereocenters. The molecule has 0 saturated heterocycles. The van der Waals surface area contributed by atoms with E-state index >= 15 is 0 Å². The fourth-order valence-corrected chi connectivity index (χ4v) is 3.94. The molecule has 1 aromatic heterocycles. The highest BCUT2D eigenvalue weighted by Crippen LogP contribution is 2.60. The number of hydrogen-bond acceptors (Lipinski definition) is 2. The van der Waals surface area contributed by atoms with Crippen LogP contribution in [0.4, 0.5) is 0 Å². The number of fused-ring (bicyclic) bond motifs is 1. The quantitative estimate of drug-likeness (QED) is 0.870. The van der Waals surface area contributed by atoms with Crippen molar-refractivity contribution in [2.45, 2.75) is 52.5 Å². The zero-order valence-electron chi connectivity index (χ0n) is 11.8. The van der Waals surface area contributed by atoms with Crippen molar-refractivity contribution in [2.24, 2.45) is 17.8 Å². The van der Waals surface area contributed by atoms with Crippen molar-refractivity contribution in [1.29, 1.82) is 0 Å². The van der Waals surface area contributed by atoms with Crippen molar-refractivity contribution >= 4 is 0 Å². The lowest BCUT2D eigenvalue weighted by molar-refractivity contribution is 0.360. The van der Waals surface area contributed by atoms with Crippen LogP contribution in [0.25, 0.3) is 0 Å². The summed E-state index contributed by atoms with van der Waals surface area (Å²) in [7, 11) is 0. The summed E-state index contributed by atoms with van der Waals surface area (Å²) >= 11 is 0. The Hall–Kier alpha value is -0.760. The molecule has 0 spiro atoms. The minimum atomic E-state index is 0.454. The molecule has 0 bridgehead atoms. The average Bonchev–Trinajstić information content (AvgIpc) is 2.99. The molecule has 0 amide bonds. The largest absolute Gasteiger partial charge is 0.464 e. The maximum absolute atomic E-state index is 5.97. The molecule has 2 aliphatic carbocycles. The van der Waals surface area contributed by atoms with E-state index < -0.39 is 0 Å². The van der Waals surface area contributed by atoms with Gasteiger partial charge in [0.15, 0.2) is 0 Å². The first kappa shape index (κ1) is 12.3. The summed E-state index contributed by atoms with van der Waals surface area (Å²) in [5.74, 6) is 5.02. The van der Waals surface area contributed by atoms with E-state index in [-0.39, 0.29) is 0 Å². The molecule has 0 radical (unpaired) electrons. The fraction of sp³-hybridized carbons (Fsp3) is 0.750. The molecule has 3 atom stereocenters. The van der Waals surface area contributed by atoms with Crippen LogP contribution >= 0.6 is 0 Å². The van der Waals surface area contributed by atoms with Crippen LogP contribution in [0.15, 0.2) is 10.5 Å². The van der Waals surface area contributed by atoms with E-state index in [9.17, 15) is 0 Å². The van der Waals surface area contributed by atoms with Gasteiger partial charge in [0.05, 0.1) is 6.04 Å². The molecule has 1 N–H and O–H groups in total. The summed E-state index contributed by atoms with van der Waals surface area (Å²) in [6.07, 6.45) is 5.76. The Morgan fingerprint density at radius 2 is 1.94 bits per heavy atom. The highest BCUT2D eigenvalue weighted by Gasteiger charge is 2.54. The lowest BCUT2D eigenvalue weighted by Gasteiger charge is -2.15. The average molecular weight is 247 g/mol. The summed E-state index contributed by atoms with van der Waals surface area (Å²) in [4.78, 5) is 0. The molecule has 2 fully saturated rings. The Labute approximate surface area is 110 Å². The van der Waals surface area contributed by atoms with Gasteiger partial charge >= 0.3 is 0 Å². The Morgan fingerprint density at radius 3 is 2.44 bits per heavy atom. The van der Waals surface area contributed by atoms with E-state index in [0.29, 0.717) is 6.04 Å². The predicted octanol–water partition coefficient (Wildman–Crippen LogP) is 3.98. The Balaban J connectivity index is 1.80. The van der Waals surface area contributed by atoms with Gasteiger partial charge < -0.3 is 9.73 Å². The van der Waals surface area contributed by atoms with Crippen molar-refractivity contribution in [3.63, 3.8) is 0 Å². The first-order chi connectivity index (χ1) is 8.72. The van der Waals surface area contributed by atoms with Crippen LogP contribution in [0, 0.1) is 31.6 Å². The van der Waals surface area contributed by atoms with E-state index in [4.69, 9.17) is 4.42 Å². The van der Waals surface area contributed by atoms with Gasteiger partial charge in [-0.1, -0.05) is 19.8 Å². The zero-order chi connectivity index (χ0) is 12.7. The van der Waals surface area contributed by atoms with Crippen LogP contribution < -0.4 is 5.32 Å². The highest BCUT2D eigenvalue weighted by molar-refractivity contribution is 5.23. The van der Waals surface area contributed by atoms with Crippen LogP contribution in [-0.2, 0) is 0 Å². The molecular formula is C16H25NO. The lowest BCUT2D eigenvalue weighted by Crippen LogP contribution is -2.23. The second-order valence-corrected chi connectivity index (χ2v) is 6.11. The van der Waals surface area contributed by atoms with Crippen LogP contribution in [-0.4, -0.2) is 6.54 Å². The van der Waals surface area contributed by atoms with Gasteiger partial charge in [-0.2, -0.15) is 0 Å². The van der Waals surface area contributed by atoms with Gasteiger partial charge in [0.25, 0.3) is 0 Å². The third-order valence-electron chi connectivity index (χ3n) is 5.02. The number of furan rings is 1. The molecule has 2 heteroatoms. The van der Waals surface area contributed by atoms with Gasteiger partial charge in [0.2, 0.25) is 0 Å². The fourth-order valence-electron chi connectivity index (χ4n) is 3.94. The molecule has 0 aromatic carbocycles. The topological polar surface area (TPSA) is 25.2 Å². The normalized spacial score (nSPS) is 32.1. The van der Waals surface area contributed by atoms with Crippen molar-refractivity contribution in [3.8, 4) is 0 Å². The van der Waals surface area contributed by atoms with E-state index in [1.807, 2.05) is 0 Å². The summed E-state index contributed by atoms with van der Waals surface area (Å²) in [6, 6.07) is 2.70. The smallest absolute Gasteiger partial charge is 0.121 e. The standard InChI is InChI=1S/C16H25NO/c1-4-17-16(14-9-10(2)11(3)18-14)15-12-7-5-6-8-13(12)15/h9,12-13,15-17H,4-8H2,1-3H3. The van der Waals surface area contributed by atoms with Gasteiger partial charge in [0.1, 0.15) is 11.5 Å². The number of aryl methyl sites for hydroxylation is 2. The van der Waals surface area contributed by atoms with Gasteiger partial charge in [-0.05, 0) is 62.6 Å². The first-order valence-electron chi connectivity index (χ1n) is 7.52. The van der Waals surface area contributed by atoms with Crippen LogP contribution in [0.3, 0.4) is 0 Å². The Bertz CT molecular complexity index is 391. The second kappa shape index (κ2) is 4.73. The lowest BCUT2D eigenvalue weighted by atomic mass is 10.0. The Kier molecular flexibility index (Phi) is 3.23. The Morgan fingerprint density at radius 1 is 1.28 bits per heavy atom. The molecule has 3 rings (SSSR count). The van der Waals surface area contributed by atoms with Crippen LogP contribution in [0.5, 0.6) is 0 Å². The molecule has 0 aliphatic heterocycles. The summed E-state index contributed by atoms with van der Waals surface area (Å²) in [5, 5.41) is 3.66. The van der Waals surface area contributed by atoms with E-state index in [0.717, 1.165) is 30.1 Å². The number of rotatable bonds is 4. The number of nitrogens with one attached hydrogen (secondary N) is 1. The zero-order valence-corrected chi connectivity index (χ0v) is 11.8. The highest BCUT2D eigenvalue weighted by atomic mass is 16.3. The third-order valence-corrected chi connectivity index (χ3v) is 5.02. The van der Waals surface area contributed by atoms with Gasteiger partial charge in [-0.25, -0.2) is 0 Å². The molecule has 2 nitrogen and oxygen atoms in total.